The summed E-state index contributed by atoms with van der Waals surface area (Å²) in [7, 11) is 1.42. The van der Waals surface area contributed by atoms with Crippen LogP contribution >= 0.6 is 11.6 Å². The van der Waals surface area contributed by atoms with Gasteiger partial charge in [0.25, 0.3) is 5.92 Å². The van der Waals surface area contributed by atoms with Crippen molar-refractivity contribution in [1.29, 1.82) is 0 Å². The average Bonchev–Trinajstić information content (AvgIpc) is 3.37. The number of nitrogens with one attached hydrogen (secondary N) is 1. The number of halogens is 4. The first-order valence-corrected chi connectivity index (χ1v) is 11.8. The van der Waals surface area contributed by atoms with Gasteiger partial charge in [-0.2, -0.15) is 0 Å². The van der Waals surface area contributed by atoms with Gasteiger partial charge in [-0.25, -0.2) is 18.0 Å². The lowest BCUT2D eigenvalue weighted by Gasteiger charge is -2.37. The van der Waals surface area contributed by atoms with E-state index in [1.165, 1.54) is 25.3 Å². The molecule has 7 nitrogen and oxygen atoms in total. The van der Waals surface area contributed by atoms with Crippen LogP contribution in [-0.4, -0.2) is 55.5 Å². The second-order valence-electron chi connectivity index (χ2n) is 8.55. The third kappa shape index (κ3) is 6.90. The standard InChI is InChI=1S/C19H16ClF3N2O2.C6H11NO2/c20-16-7-2-1-6-15(16)17(18(27)24-13-9-19(22,23)10-13)25(11-26)14-5-3-4-12(21)8-14;1-9-6(8)7-4-2-3-5-7/h1-8,11,13,17H,9-10H2,(H,24,27);2-5H2,1H3. The molecule has 2 fully saturated rings. The van der Waals surface area contributed by atoms with E-state index in [4.69, 9.17) is 11.6 Å². The van der Waals surface area contributed by atoms with E-state index in [0.29, 0.717) is 12.0 Å². The number of methoxy groups -OCH3 is 1. The maximum Gasteiger partial charge on any atom is 0.409 e. The molecular formula is C25H27ClF3N3O4. The third-order valence-corrected chi connectivity index (χ3v) is 6.27. The molecule has 1 aliphatic heterocycles. The highest BCUT2D eigenvalue weighted by Gasteiger charge is 2.47. The minimum absolute atomic E-state index is 0.143. The molecule has 194 valence electrons. The number of nitrogens with zero attached hydrogens (tertiary/aromatic N) is 2. The van der Waals surface area contributed by atoms with Crippen molar-refractivity contribution in [2.45, 2.75) is 43.7 Å². The number of carbonyl (C=O) groups is 3. The van der Waals surface area contributed by atoms with E-state index in [0.717, 1.165) is 36.9 Å². The molecule has 0 spiro atoms. The fourth-order valence-corrected chi connectivity index (χ4v) is 4.33. The lowest BCUT2D eigenvalue weighted by Crippen LogP contribution is -2.53. The van der Waals surface area contributed by atoms with Gasteiger partial charge in [0.05, 0.1) is 7.11 Å². The molecule has 1 saturated heterocycles. The topological polar surface area (TPSA) is 79.0 Å². The van der Waals surface area contributed by atoms with Gasteiger partial charge in [-0.3, -0.25) is 14.5 Å². The lowest BCUT2D eigenvalue weighted by molar-refractivity contribution is -0.131. The Labute approximate surface area is 212 Å². The SMILES string of the molecule is COC(=O)N1CCCC1.O=CN(c1cccc(F)c1)C(C(=O)NC1CC(F)(F)C1)c1ccccc1Cl. The predicted octanol–water partition coefficient (Wildman–Crippen LogP) is 4.95. The number of hydrogen-bond donors (Lipinski definition) is 1. The normalized spacial score (nSPS) is 17.2. The predicted molar refractivity (Wildman–Crippen MR) is 128 cm³/mol. The number of benzene rings is 2. The second kappa shape index (κ2) is 12.1. The summed E-state index contributed by atoms with van der Waals surface area (Å²) < 4.78 is 44.3. The summed E-state index contributed by atoms with van der Waals surface area (Å²) in [6, 6.07) is 9.62. The molecule has 4 rings (SSSR count). The summed E-state index contributed by atoms with van der Waals surface area (Å²) >= 11 is 6.20. The van der Waals surface area contributed by atoms with Crippen LogP contribution in [0.2, 0.25) is 5.02 Å². The van der Waals surface area contributed by atoms with E-state index >= 15 is 0 Å². The van der Waals surface area contributed by atoms with Crippen molar-refractivity contribution < 1.29 is 32.3 Å². The largest absolute Gasteiger partial charge is 0.453 e. The van der Waals surface area contributed by atoms with Crippen molar-refractivity contribution in [3.8, 4) is 0 Å². The Balaban J connectivity index is 0.000000338. The molecule has 1 aliphatic carbocycles. The van der Waals surface area contributed by atoms with E-state index in [1.807, 2.05) is 0 Å². The van der Waals surface area contributed by atoms with Gasteiger partial charge in [-0.05, 0) is 37.1 Å². The van der Waals surface area contributed by atoms with Gasteiger partial charge in [0.15, 0.2) is 0 Å². The van der Waals surface area contributed by atoms with Crippen molar-refractivity contribution in [1.82, 2.24) is 10.2 Å². The van der Waals surface area contributed by atoms with Crippen LogP contribution in [0.15, 0.2) is 48.5 Å². The zero-order chi connectivity index (χ0) is 26.3. The molecule has 0 bridgehead atoms. The Morgan fingerprint density at radius 1 is 1.17 bits per heavy atom. The molecule has 3 amide bonds. The molecule has 1 N–H and O–H groups in total. The van der Waals surface area contributed by atoms with E-state index in [-0.39, 0.29) is 16.8 Å². The Bertz CT molecular complexity index is 1070. The molecule has 1 saturated carbocycles. The van der Waals surface area contributed by atoms with Crippen LogP contribution in [0.4, 0.5) is 23.7 Å². The smallest absolute Gasteiger partial charge is 0.409 e. The summed E-state index contributed by atoms with van der Waals surface area (Å²) in [6.45, 7) is 1.74. The van der Waals surface area contributed by atoms with Crippen molar-refractivity contribution in [3.63, 3.8) is 0 Å². The molecule has 0 aromatic heterocycles. The molecule has 1 unspecified atom stereocenters. The number of hydrogen-bond acceptors (Lipinski definition) is 4. The van der Waals surface area contributed by atoms with Crippen LogP contribution in [0, 0.1) is 5.82 Å². The maximum absolute atomic E-state index is 13.6. The Morgan fingerprint density at radius 3 is 2.39 bits per heavy atom. The van der Waals surface area contributed by atoms with Gasteiger partial charge < -0.3 is 15.0 Å². The summed E-state index contributed by atoms with van der Waals surface area (Å²) in [5.41, 5.74) is 0.447. The van der Waals surface area contributed by atoms with Crippen molar-refractivity contribution in [2.24, 2.45) is 0 Å². The molecule has 2 aromatic carbocycles. The van der Waals surface area contributed by atoms with E-state index in [2.05, 4.69) is 10.1 Å². The van der Waals surface area contributed by atoms with Crippen molar-refractivity contribution >= 4 is 35.7 Å². The molecule has 0 radical (unpaired) electrons. The minimum atomic E-state index is -2.80. The summed E-state index contributed by atoms with van der Waals surface area (Å²) in [5, 5.41) is 2.75. The molecule has 11 heteroatoms. The second-order valence-corrected chi connectivity index (χ2v) is 8.96. The van der Waals surface area contributed by atoms with Crippen LogP contribution in [0.5, 0.6) is 0 Å². The monoisotopic (exact) mass is 525 g/mol. The zero-order valence-electron chi connectivity index (χ0n) is 19.6. The first-order chi connectivity index (χ1) is 17.1. The molecule has 2 aliphatic rings. The van der Waals surface area contributed by atoms with Gasteiger partial charge in [0.2, 0.25) is 12.3 Å². The van der Waals surface area contributed by atoms with Crippen molar-refractivity contribution in [2.75, 3.05) is 25.1 Å². The molecule has 2 aromatic rings. The number of carbonyl (C=O) groups excluding carboxylic acids is 3. The number of anilines is 1. The number of rotatable bonds is 6. The maximum atomic E-state index is 13.6. The minimum Gasteiger partial charge on any atom is -0.453 e. The van der Waals surface area contributed by atoms with Crippen molar-refractivity contribution in [3.05, 3.63) is 64.9 Å². The van der Waals surface area contributed by atoms with Crippen LogP contribution < -0.4 is 10.2 Å². The highest BCUT2D eigenvalue weighted by molar-refractivity contribution is 6.31. The Hall–Kier alpha value is -3.27. The summed E-state index contributed by atoms with van der Waals surface area (Å²) in [5.74, 6) is -4.05. The molecular weight excluding hydrogens is 499 g/mol. The highest BCUT2D eigenvalue weighted by atomic mass is 35.5. The fraction of sp³-hybridized carbons (Fsp3) is 0.400. The molecule has 1 atom stereocenters. The van der Waals surface area contributed by atoms with Crippen LogP contribution in [-0.2, 0) is 14.3 Å². The molecule has 1 heterocycles. The lowest BCUT2D eigenvalue weighted by atomic mass is 9.87. The number of alkyl halides is 2. The quantitative estimate of drug-likeness (QED) is 0.542. The third-order valence-electron chi connectivity index (χ3n) is 5.92. The van der Waals surface area contributed by atoms with Crippen LogP contribution in [0.1, 0.15) is 37.3 Å². The van der Waals surface area contributed by atoms with E-state index in [1.54, 1.807) is 29.2 Å². The zero-order valence-corrected chi connectivity index (χ0v) is 20.4. The van der Waals surface area contributed by atoms with E-state index in [9.17, 15) is 27.6 Å². The number of amides is 3. The van der Waals surface area contributed by atoms with Gasteiger partial charge in [-0.15, -0.1) is 0 Å². The Morgan fingerprint density at radius 2 is 1.83 bits per heavy atom. The van der Waals surface area contributed by atoms with E-state index < -0.39 is 42.6 Å². The van der Waals surface area contributed by atoms with Gasteiger partial charge in [-0.1, -0.05) is 35.9 Å². The number of likely N-dealkylation sites (tertiary alicyclic amines) is 1. The number of ether oxygens (including phenoxy) is 1. The van der Waals surface area contributed by atoms with Crippen LogP contribution in [0.25, 0.3) is 0 Å². The average molecular weight is 526 g/mol. The summed E-state index contributed by atoms with van der Waals surface area (Å²) in [6.07, 6.45) is 1.51. The Kier molecular flexibility index (Phi) is 9.19. The first kappa shape index (κ1) is 27.3. The van der Waals surface area contributed by atoms with Gasteiger partial charge in [0, 0.05) is 48.2 Å². The van der Waals surface area contributed by atoms with Crippen LogP contribution in [0.3, 0.4) is 0 Å². The van der Waals surface area contributed by atoms with Gasteiger partial charge in [0.1, 0.15) is 11.9 Å². The first-order valence-electron chi connectivity index (χ1n) is 11.4. The van der Waals surface area contributed by atoms with Gasteiger partial charge >= 0.3 is 6.09 Å². The molecule has 36 heavy (non-hydrogen) atoms. The highest BCUT2D eigenvalue weighted by Crippen LogP contribution is 2.38. The summed E-state index contributed by atoms with van der Waals surface area (Å²) in [4.78, 5) is 38.1. The fourth-order valence-electron chi connectivity index (χ4n) is 4.09.